The number of carbonyl (C=O) groups is 1. The van der Waals surface area contributed by atoms with Gasteiger partial charge in [-0.15, -0.1) is 0 Å². The molecule has 24 heavy (non-hydrogen) atoms. The fourth-order valence-corrected chi connectivity index (χ4v) is 2.43. The van der Waals surface area contributed by atoms with Crippen molar-refractivity contribution in [3.63, 3.8) is 0 Å². The number of phenols is 1. The lowest BCUT2D eigenvalue weighted by Gasteiger charge is -2.10. The Hall–Kier alpha value is -2.34. The van der Waals surface area contributed by atoms with Crippen molar-refractivity contribution in [1.82, 2.24) is 5.32 Å². The summed E-state index contributed by atoms with van der Waals surface area (Å²) in [6, 6.07) is 4.59. The van der Waals surface area contributed by atoms with Gasteiger partial charge < -0.3 is 19.6 Å². The molecule has 0 spiro atoms. The summed E-state index contributed by atoms with van der Waals surface area (Å²) in [5.74, 6) is -0.202. The Labute approximate surface area is 140 Å². The smallest absolute Gasteiger partial charge is 0.340 e. The van der Waals surface area contributed by atoms with Crippen LogP contribution in [0.15, 0.2) is 27.4 Å². The standard InChI is InChI=1S/C18H23NO5/c1-11(2)23-8-4-7-19-17(21)10-15-12(3)14-6-5-13(20)9-16(14)24-18(15)22/h5-6,9,11,20H,4,7-8,10H2,1-3H3,(H,19,21). The van der Waals surface area contributed by atoms with Crippen LogP contribution in [-0.2, 0) is 16.0 Å². The fraction of sp³-hybridized carbons (Fsp3) is 0.444. The maximum absolute atomic E-state index is 12.1. The summed E-state index contributed by atoms with van der Waals surface area (Å²) in [6.07, 6.45) is 0.856. The van der Waals surface area contributed by atoms with Crippen molar-refractivity contribution >= 4 is 16.9 Å². The quantitative estimate of drug-likeness (QED) is 0.599. The Kier molecular flexibility index (Phi) is 5.98. The van der Waals surface area contributed by atoms with Crippen LogP contribution in [0, 0.1) is 6.92 Å². The first-order chi connectivity index (χ1) is 11.4. The van der Waals surface area contributed by atoms with Crippen molar-refractivity contribution < 1.29 is 19.1 Å². The molecule has 1 heterocycles. The second-order valence-corrected chi connectivity index (χ2v) is 5.97. The van der Waals surface area contributed by atoms with Crippen LogP contribution in [0.1, 0.15) is 31.4 Å². The van der Waals surface area contributed by atoms with E-state index in [0.717, 1.165) is 0 Å². The summed E-state index contributed by atoms with van der Waals surface area (Å²) in [4.78, 5) is 24.1. The third kappa shape index (κ3) is 4.58. The molecule has 0 fully saturated rings. The predicted octanol–water partition coefficient (Wildman–Crippen LogP) is 2.28. The van der Waals surface area contributed by atoms with Crippen LogP contribution >= 0.6 is 0 Å². The molecular weight excluding hydrogens is 310 g/mol. The fourth-order valence-electron chi connectivity index (χ4n) is 2.43. The number of ether oxygens (including phenoxy) is 1. The molecule has 6 heteroatoms. The van der Waals surface area contributed by atoms with Gasteiger partial charge in [-0.2, -0.15) is 0 Å². The lowest BCUT2D eigenvalue weighted by molar-refractivity contribution is -0.120. The minimum Gasteiger partial charge on any atom is -0.508 e. The van der Waals surface area contributed by atoms with E-state index in [1.54, 1.807) is 13.0 Å². The summed E-state index contributed by atoms with van der Waals surface area (Å²) in [6.45, 7) is 6.77. The lowest BCUT2D eigenvalue weighted by Crippen LogP contribution is -2.29. The molecular formula is C18H23NO5. The van der Waals surface area contributed by atoms with Crippen LogP contribution < -0.4 is 10.9 Å². The number of rotatable bonds is 7. The molecule has 0 atom stereocenters. The first-order valence-corrected chi connectivity index (χ1v) is 8.02. The Morgan fingerprint density at radius 2 is 2.12 bits per heavy atom. The van der Waals surface area contributed by atoms with Gasteiger partial charge in [-0.25, -0.2) is 4.79 Å². The van der Waals surface area contributed by atoms with Crippen LogP contribution in [0.2, 0.25) is 0 Å². The van der Waals surface area contributed by atoms with Gasteiger partial charge in [0.05, 0.1) is 18.1 Å². The third-order valence-corrected chi connectivity index (χ3v) is 3.70. The van der Waals surface area contributed by atoms with E-state index in [9.17, 15) is 14.7 Å². The Balaban J connectivity index is 2.03. The third-order valence-electron chi connectivity index (χ3n) is 3.70. The van der Waals surface area contributed by atoms with E-state index in [4.69, 9.17) is 9.15 Å². The topological polar surface area (TPSA) is 88.8 Å². The number of hydrogen-bond donors (Lipinski definition) is 2. The van der Waals surface area contributed by atoms with Crippen molar-refractivity contribution in [2.75, 3.05) is 13.2 Å². The minimum atomic E-state index is -0.552. The number of fused-ring (bicyclic) bond motifs is 1. The summed E-state index contributed by atoms with van der Waals surface area (Å²) < 4.78 is 10.6. The highest BCUT2D eigenvalue weighted by molar-refractivity contribution is 5.85. The van der Waals surface area contributed by atoms with Gasteiger partial charge >= 0.3 is 5.63 Å². The number of aromatic hydroxyl groups is 1. The summed E-state index contributed by atoms with van der Waals surface area (Å²) in [7, 11) is 0. The predicted molar refractivity (Wildman–Crippen MR) is 91.3 cm³/mol. The first kappa shape index (κ1) is 18.0. The maximum Gasteiger partial charge on any atom is 0.340 e. The van der Waals surface area contributed by atoms with Gasteiger partial charge in [0.15, 0.2) is 0 Å². The second kappa shape index (κ2) is 7.97. The number of hydrogen-bond acceptors (Lipinski definition) is 5. The molecule has 0 unspecified atom stereocenters. The minimum absolute atomic E-state index is 0.0270. The zero-order valence-electron chi connectivity index (χ0n) is 14.2. The van der Waals surface area contributed by atoms with E-state index < -0.39 is 5.63 Å². The molecule has 0 radical (unpaired) electrons. The normalized spacial score (nSPS) is 11.2. The highest BCUT2D eigenvalue weighted by Crippen LogP contribution is 2.23. The average molecular weight is 333 g/mol. The number of benzene rings is 1. The summed E-state index contributed by atoms with van der Waals surface area (Å²) >= 11 is 0. The van der Waals surface area contributed by atoms with Crippen LogP contribution in [-0.4, -0.2) is 30.3 Å². The molecule has 2 N–H and O–H groups in total. The molecule has 0 bridgehead atoms. The monoisotopic (exact) mass is 333 g/mol. The number of amides is 1. The van der Waals surface area contributed by atoms with E-state index in [0.29, 0.717) is 41.7 Å². The molecule has 0 aliphatic rings. The zero-order valence-corrected chi connectivity index (χ0v) is 14.2. The van der Waals surface area contributed by atoms with Gasteiger partial charge in [0, 0.05) is 24.6 Å². The summed E-state index contributed by atoms with van der Waals surface area (Å²) in [5.41, 5.74) is 0.792. The number of carbonyl (C=O) groups excluding carboxylic acids is 1. The van der Waals surface area contributed by atoms with E-state index in [-0.39, 0.29) is 24.2 Å². The van der Waals surface area contributed by atoms with E-state index in [1.165, 1.54) is 12.1 Å². The zero-order chi connectivity index (χ0) is 17.7. The summed E-state index contributed by atoms with van der Waals surface area (Å²) in [5, 5.41) is 13.0. The molecule has 6 nitrogen and oxygen atoms in total. The highest BCUT2D eigenvalue weighted by atomic mass is 16.5. The van der Waals surface area contributed by atoms with Crippen molar-refractivity contribution in [2.24, 2.45) is 0 Å². The van der Waals surface area contributed by atoms with E-state index in [1.807, 2.05) is 13.8 Å². The number of nitrogens with one attached hydrogen (secondary N) is 1. The average Bonchev–Trinajstić information content (AvgIpc) is 2.50. The largest absolute Gasteiger partial charge is 0.508 e. The van der Waals surface area contributed by atoms with Crippen LogP contribution in [0.25, 0.3) is 11.0 Å². The maximum atomic E-state index is 12.1. The lowest BCUT2D eigenvalue weighted by atomic mass is 10.0. The molecule has 0 saturated heterocycles. The van der Waals surface area contributed by atoms with Crippen molar-refractivity contribution in [3.05, 3.63) is 39.7 Å². The van der Waals surface area contributed by atoms with Crippen LogP contribution in [0.5, 0.6) is 5.75 Å². The molecule has 130 valence electrons. The number of phenolic OH excluding ortho intramolecular Hbond substituents is 1. The Morgan fingerprint density at radius 3 is 2.83 bits per heavy atom. The number of aryl methyl sites for hydroxylation is 1. The van der Waals surface area contributed by atoms with Gasteiger partial charge in [0.25, 0.3) is 0 Å². The molecule has 0 aliphatic carbocycles. The van der Waals surface area contributed by atoms with Gasteiger partial charge in [-0.3, -0.25) is 4.79 Å². The highest BCUT2D eigenvalue weighted by Gasteiger charge is 2.15. The van der Waals surface area contributed by atoms with Crippen LogP contribution in [0.3, 0.4) is 0 Å². The molecule has 0 saturated carbocycles. The van der Waals surface area contributed by atoms with Gasteiger partial charge in [0.1, 0.15) is 11.3 Å². The van der Waals surface area contributed by atoms with Gasteiger partial charge in [-0.05, 0) is 44.9 Å². The van der Waals surface area contributed by atoms with Crippen LogP contribution in [0.4, 0.5) is 0 Å². The molecule has 1 amide bonds. The Morgan fingerprint density at radius 1 is 1.38 bits per heavy atom. The SMILES string of the molecule is Cc1c(CC(=O)NCCCOC(C)C)c(=O)oc2cc(O)ccc12. The molecule has 2 aromatic rings. The van der Waals surface area contributed by atoms with Crippen molar-refractivity contribution in [3.8, 4) is 5.75 Å². The van der Waals surface area contributed by atoms with Crippen molar-refractivity contribution in [1.29, 1.82) is 0 Å². The molecule has 1 aromatic heterocycles. The van der Waals surface area contributed by atoms with Crippen molar-refractivity contribution in [2.45, 2.75) is 39.7 Å². The van der Waals surface area contributed by atoms with E-state index in [2.05, 4.69) is 5.32 Å². The molecule has 2 rings (SSSR count). The Bertz CT molecular complexity index is 779. The van der Waals surface area contributed by atoms with Gasteiger partial charge in [0.2, 0.25) is 5.91 Å². The van der Waals surface area contributed by atoms with Gasteiger partial charge in [-0.1, -0.05) is 0 Å². The molecule has 0 aliphatic heterocycles. The van der Waals surface area contributed by atoms with E-state index >= 15 is 0 Å². The second-order valence-electron chi connectivity index (χ2n) is 5.97. The molecule has 1 aromatic carbocycles. The first-order valence-electron chi connectivity index (χ1n) is 8.02.